The fourth-order valence-electron chi connectivity index (χ4n) is 2.92. The first-order valence-electron chi connectivity index (χ1n) is 8.01. The van der Waals surface area contributed by atoms with E-state index in [9.17, 15) is 4.79 Å². The predicted molar refractivity (Wildman–Crippen MR) is 96.4 cm³/mol. The van der Waals surface area contributed by atoms with E-state index in [2.05, 4.69) is 40.3 Å². The lowest BCUT2D eigenvalue weighted by atomic mass is 9.92. The Balaban J connectivity index is 2.17. The first kappa shape index (κ1) is 17.8. The molecule has 5 nitrogen and oxygen atoms in total. The molecule has 1 heterocycles. The number of carbonyl (C=O) groups is 1. The van der Waals surface area contributed by atoms with Gasteiger partial charge < -0.3 is 9.64 Å². The first-order valence-corrected chi connectivity index (χ1v) is 8.80. The van der Waals surface area contributed by atoms with Gasteiger partial charge in [-0.25, -0.2) is 4.79 Å². The average Bonchev–Trinajstić information content (AvgIpc) is 2.48. The molecule has 6 heteroatoms. The van der Waals surface area contributed by atoms with Gasteiger partial charge in [0.25, 0.3) is 0 Å². The third-order valence-corrected chi connectivity index (χ3v) is 4.29. The maximum atomic E-state index is 12.3. The number of hydrazone groups is 1. The lowest BCUT2D eigenvalue weighted by Gasteiger charge is -2.36. The maximum Gasteiger partial charge on any atom is 0.375 e. The fourth-order valence-corrected chi connectivity index (χ4v) is 3.18. The number of nitrogens with one attached hydrogen (secondary N) is 1. The molecule has 0 bridgehead atoms. The summed E-state index contributed by atoms with van der Waals surface area (Å²) in [7, 11) is 0. The second-order valence-electron chi connectivity index (χ2n) is 6.13. The Morgan fingerprint density at radius 2 is 1.91 bits per heavy atom. The van der Waals surface area contributed by atoms with Gasteiger partial charge in [-0.05, 0) is 49.4 Å². The summed E-state index contributed by atoms with van der Waals surface area (Å²) < 4.78 is 6.17. The number of esters is 1. The van der Waals surface area contributed by atoms with E-state index in [-0.39, 0.29) is 5.97 Å². The van der Waals surface area contributed by atoms with Gasteiger partial charge in [-0.1, -0.05) is 29.8 Å². The number of carbonyl (C=O) groups excluding carboxylic acids is 1. The number of benzene rings is 1. The van der Waals surface area contributed by atoms with Crippen LogP contribution in [0, 0.1) is 11.8 Å². The first-order chi connectivity index (χ1) is 11.0. The van der Waals surface area contributed by atoms with Crippen molar-refractivity contribution in [3.05, 3.63) is 28.7 Å². The standard InChI is InChI=1S/C17H24BrN3O2/c1-4-23-17(22)16(21-10-12(2)9-13(3)11-21)20-19-15-7-5-14(18)6-8-15/h5-8,12-13,19H,4,9-11H2,1-3H3/b20-16+/t12-,13-/m1/s1. The molecule has 2 atom stereocenters. The topological polar surface area (TPSA) is 53.9 Å². The van der Waals surface area contributed by atoms with E-state index in [0.29, 0.717) is 24.3 Å². The van der Waals surface area contributed by atoms with Gasteiger partial charge in [-0.15, -0.1) is 5.10 Å². The van der Waals surface area contributed by atoms with Crippen LogP contribution in [0.1, 0.15) is 27.2 Å². The van der Waals surface area contributed by atoms with Crippen molar-refractivity contribution in [2.75, 3.05) is 25.1 Å². The summed E-state index contributed by atoms with van der Waals surface area (Å²) >= 11 is 3.40. The fraction of sp³-hybridized carbons (Fsp3) is 0.529. The zero-order valence-electron chi connectivity index (χ0n) is 13.9. The van der Waals surface area contributed by atoms with Crippen molar-refractivity contribution in [1.29, 1.82) is 0 Å². The number of likely N-dealkylation sites (tertiary alicyclic amines) is 1. The van der Waals surface area contributed by atoms with Gasteiger partial charge in [0.1, 0.15) is 0 Å². The highest BCUT2D eigenvalue weighted by atomic mass is 79.9. The molecule has 0 aromatic heterocycles. The maximum absolute atomic E-state index is 12.3. The number of hydrogen-bond donors (Lipinski definition) is 1. The molecule has 0 spiro atoms. The van der Waals surface area contributed by atoms with Crippen LogP contribution in [0.2, 0.25) is 0 Å². The number of ether oxygens (including phenoxy) is 1. The van der Waals surface area contributed by atoms with Crippen LogP contribution < -0.4 is 5.43 Å². The van der Waals surface area contributed by atoms with Gasteiger partial charge in [0.15, 0.2) is 0 Å². The Labute approximate surface area is 146 Å². The Bertz CT molecular complexity index is 549. The number of rotatable bonds is 3. The van der Waals surface area contributed by atoms with Crippen molar-refractivity contribution in [2.45, 2.75) is 27.2 Å². The smallest absolute Gasteiger partial charge is 0.375 e. The van der Waals surface area contributed by atoms with E-state index >= 15 is 0 Å². The van der Waals surface area contributed by atoms with Crippen LogP contribution in [0.15, 0.2) is 33.8 Å². The van der Waals surface area contributed by atoms with Gasteiger partial charge >= 0.3 is 5.97 Å². The molecule has 1 aliphatic rings. The van der Waals surface area contributed by atoms with E-state index < -0.39 is 0 Å². The Morgan fingerprint density at radius 3 is 2.48 bits per heavy atom. The van der Waals surface area contributed by atoms with Crippen molar-refractivity contribution < 1.29 is 9.53 Å². The molecule has 1 fully saturated rings. The van der Waals surface area contributed by atoms with Crippen molar-refractivity contribution in [3.8, 4) is 0 Å². The number of hydrogen-bond acceptors (Lipinski definition) is 4. The van der Waals surface area contributed by atoms with Gasteiger partial charge in [-0.3, -0.25) is 5.43 Å². The molecule has 0 radical (unpaired) electrons. The third-order valence-electron chi connectivity index (χ3n) is 3.76. The molecule has 1 saturated heterocycles. The normalized spacial score (nSPS) is 21.9. The van der Waals surface area contributed by atoms with E-state index in [1.165, 1.54) is 6.42 Å². The molecule has 23 heavy (non-hydrogen) atoms. The highest BCUT2D eigenvalue weighted by molar-refractivity contribution is 9.10. The minimum absolute atomic E-state index is 0.342. The minimum Gasteiger partial charge on any atom is -0.460 e. The van der Waals surface area contributed by atoms with Crippen molar-refractivity contribution in [2.24, 2.45) is 16.9 Å². The van der Waals surface area contributed by atoms with Gasteiger partial charge in [0, 0.05) is 17.6 Å². The van der Waals surface area contributed by atoms with Crippen LogP contribution in [0.5, 0.6) is 0 Å². The lowest BCUT2D eigenvalue weighted by Crippen LogP contribution is -2.46. The zero-order valence-corrected chi connectivity index (χ0v) is 15.5. The SMILES string of the molecule is CCOC(=O)/C(=N\Nc1ccc(Br)cc1)N1C[C@H](C)C[C@@H](C)C1. The molecule has 2 rings (SSSR count). The molecule has 1 aromatic carbocycles. The van der Waals surface area contributed by atoms with Crippen molar-refractivity contribution in [3.63, 3.8) is 0 Å². The lowest BCUT2D eigenvalue weighted by molar-refractivity contribution is -0.136. The summed E-state index contributed by atoms with van der Waals surface area (Å²) in [4.78, 5) is 14.3. The molecule has 126 valence electrons. The van der Waals surface area contributed by atoms with E-state index in [1.807, 2.05) is 29.2 Å². The third kappa shape index (κ3) is 5.23. The van der Waals surface area contributed by atoms with Gasteiger partial charge in [0.2, 0.25) is 5.84 Å². The number of piperidine rings is 1. The Morgan fingerprint density at radius 1 is 1.30 bits per heavy atom. The summed E-state index contributed by atoms with van der Waals surface area (Å²) in [5, 5.41) is 4.34. The number of amidine groups is 1. The second kappa shape index (κ2) is 8.34. The Hall–Kier alpha value is -1.56. The molecule has 0 aliphatic carbocycles. The molecule has 0 saturated carbocycles. The largest absolute Gasteiger partial charge is 0.460 e. The zero-order chi connectivity index (χ0) is 16.8. The number of nitrogens with zero attached hydrogens (tertiary/aromatic N) is 2. The quantitative estimate of drug-likeness (QED) is 0.375. The second-order valence-corrected chi connectivity index (χ2v) is 7.04. The summed E-state index contributed by atoms with van der Waals surface area (Å²) in [6.07, 6.45) is 1.17. The number of halogens is 1. The van der Waals surface area contributed by atoms with E-state index in [0.717, 1.165) is 23.2 Å². The number of anilines is 1. The van der Waals surface area contributed by atoms with Crippen molar-refractivity contribution in [1.82, 2.24) is 4.90 Å². The van der Waals surface area contributed by atoms with Crippen LogP contribution in [0.25, 0.3) is 0 Å². The molecule has 0 unspecified atom stereocenters. The molecule has 0 amide bonds. The molecule has 1 aliphatic heterocycles. The minimum atomic E-state index is -0.376. The summed E-state index contributed by atoms with van der Waals surface area (Å²) in [5.41, 5.74) is 3.79. The summed E-state index contributed by atoms with van der Waals surface area (Å²) in [5.74, 6) is 1.05. The molecular formula is C17H24BrN3O2. The molecule has 1 aromatic rings. The molecular weight excluding hydrogens is 358 g/mol. The average molecular weight is 382 g/mol. The van der Waals surface area contributed by atoms with Gasteiger partial charge in [0.05, 0.1) is 12.3 Å². The van der Waals surface area contributed by atoms with Crippen LogP contribution in [0.3, 0.4) is 0 Å². The van der Waals surface area contributed by atoms with Crippen LogP contribution >= 0.6 is 15.9 Å². The van der Waals surface area contributed by atoms with Crippen LogP contribution in [0.4, 0.5) is 5.69 Å². The van der Waals surface area contributed by atoms with Gasteiger partial charge in [-0.2, -0.15) is 0 Å². The predicted octanol–water partition coefficient (Wildman–Crippen LogP) is 3.72. The molecule has 1 N–H and O–H groups in total. The van der Waals surface area contributed by atoms with Crippen LogP contribution in [-0.2, 0) is 9.53 Å². The summed E-state index contributed by atoms with van der Waals surface area (Å²) in [6.45, 7) is 8.20. The Kier molecular flexibility index (Phi) is 6.45. The highest BCUT2D eigenvalue weighted by Crippen LogP contribution is 2.22. The van der Waals surface area contributed by atoms with E-state index in [1.54, 1.807) is 6.92 Å². The monoisotopic (exact) mass is 381 g/mol. The van der Waals surface area contributed by atoms with Crippen LogP contribution in [-0.4, -0.2) is 36.4 Å². The highest BCUT2D eigenvalue weighted by Gasteiger charge is 2.28. The summed E-state index contributed by atoms with van der Waals surface area (Å²) in [6, 6.07) is 7.65. The van der Waals surface area contributed by atoms with E-state index in [4.69, 9.17) is 4.74 Å². The van der Waals surface area contributed by atoms with Crippen molar-refractivity contribution >= 4 is 33.4 Å².